The van der Waals surface area contributed by atoms with Gasteiger partial charge in [0, 0.05) is 6.07 Å². The Hall–Kier alpha value is -3.48. The third-order valence-corrected chi connectivity index (χ3v) is 3.85. The first-order chi connectivity index (χ1) is 13.5. The fourth-order valence-corrected chi connectivity index (χ4v) is 2.50. The molecule has 0 amide bonds. The summed E-state index contributed by atoms with van der Waals surface area (Å²) in [5.74, 6) is -1.79. The third-order valence-electron chi connectivity index (χ3n) is 3.85. The van der Waals surface area contributed by atoms with Gasteiger partial charge in [-0.2, -0.15) is 0 Å². The molecule has 3 rings (SSSR count). The van der Waals surface area contributed by atoms with Gasteiger partial charge >= 0.3 is 5.97 Å². The molecule has 28 heavy (non-hydrogen) atoms. The predicted molar refractivity (Wildman–Crippen MR) is 97.7 cm³/mol. The lowest BCUT2D eigenvalue weighted by Gasteiger charge is -2.17. The maximum absolute atomic E-state index is 13.5. The third kappa shape index (κ3) is 4.82. The van der Waals surface area contributed by atoms with E-state index < -0.39 is 23.8 Å². The van der Waals surface area contributed by atoms with Gasteiger partial charge in [-0.05, 0) is 11.1 Å². The molecule has 0 atom stereocenters. The normalized spacial score (nSPS) is 10.7. The second-order valence-corrected chi connectivity index (χ2v) is 5.87. The van der Waals surface area contributed by atoms with Crippen LogP contribution in [0.4, 0.5) is 8.78 Å². The van der Waals surface area contributed by atoms with Crippen molar-refractivity contribution in [2.45, 2.75) is 19.6 Å². The van der Waals surface area contributed by atoms with Gasteiger partial charge < -0.3 is 14.6 Å². The quantitative estimate of drug-likeness (QED) is 0.599. The van der Waals surface area contributed by atoms with Crippen LogP contribution in [0.3, 0.4) is 0 Å². The molecule has 0 unspecified atom stereocenters. The van der Waals surface area contributed by atoms with Gasteiger partial charge in [-0.3, -0.25) is 0 Å². The Balaban J connectivity index is 1.94. The number of carboxylic acid groups (broad SMARTS) is 1. The monoisotopic (exact) mass is 385 g/mol. The number of aromatic carboxylic acids is 1. The van der Waals surface area contributed by atoms with Gasteiger partial charge in [-0.15, -0.1) is 0 Å². The Morgan fingerprint density at radius 3 is 1.96 bits per heavy atom. The molecular formula is C21H17F2NO4. The van der Waals surface area contributed by atoms with Crippen molar-refractivity contribution in [1.29, 1.82) is 0 Å². The highest BCUT2D eigenvalue weighted by molar-refractivity contribution is 5.86. The summed E-state index contributed by atoms with van der Waals surface area (Å²) in [5, 5.41) is 9.20. The lowest BCUT2D eigenvalue weighted by molar-refractivity contribution is 0.0687. The van der Waals surface area contributed by atoms with Gasteiger partial charge in [0.05, 0.1) is 0 Å². The Morgan fingerprint density at radius 1 is 0.929 bits per heavy atom. The molecule has 0 radical (unpaired) electrons. The molecule has 1 N–H and O–H groups in total. The second kappa shape index (κ2) is 8.94. The Bertz CT molecular complexity index is 934. The number of alkyl halides is 2. The standard InChI is InChI=1S/C21H17F2NO4/c22-20(23)18-19(28-13-15-9-5-2-6-10-15)17(11-16(24-18)21(25)26)27-12-14-7-3-1-4-8-14/h1-11,20H,12-13H2,(H,25,26). The van der Waals surface area contributed by atoms with Gasteiger partial charge in [0.25, 0.3) is 6.43 Å². The summed E-state index contributed by atoms with van der Waals surface area (Å²) in [6, 6.07) is 19.1. The molecule has 7 heteroatoms. The average Bonchev–Trinajstić information content (AvgIpc) is 2.71. The molecule has 0 saturated carbocycles. The number of rotatable bonds is 8. The summed E-state index contributed by atoms with van der Waals surface area (Å²) in [7, 11) is 0. The molecule has 2 aromatic carbocycles. The summed E-state index contributed by atoms with van der Waals surface area (Å²) in [5.41, 5.74) is 0.257. The maximum atomic E-state index is 13.5. The zero-order valence-corrected chi connectivity index (χ0v) is 14.7. The predicted octanol–water partition coefficient (Wildman–Crippen LogP) is 4.88. The molecular weight excluding hydrogens is 368 g/mol. The number of carboxylic acids is 1. The van der Waals surface area contributed by atoms with E-state index in [2.05, 4.69) is 4.98 Å². The summed E-state index contributed by atoms with van der Waals surface area (Å²) in [6.45, 7) is 0.0741. The van der Waals surface area contributed by atoms with Crippen molar-refractivity contribution in [1.82, 2.24) is 4.98 Å². The van der Waals surface area contributed by atoms with Crippen LogP contribution in [-0.2, 0) is 13.2 Å². The largest absolute Gasteiger partial charge is 0.485 e. The van der Waals surface area contributed by atoms with Crippen molar-refractivity contribution in [3.05, 3.63) is 89.2 Å². The van der Waals surface area contributed by atoms with Crippen LogP contribution in [0.15, 0.2) is 66.7 Å². The molecule has 0 spiro atoms. The highest BCUT2D eigenvalue weighted by Crippen LogP contribution is 2.37. The Kier molecular flexibility index (Phi) is 6.16. The van der Waals surface area contributed by atoms with E-state index in [1.165, 1.54) is 0 Å². The first kappa shape index (κ1) is 19.3. The molecule has 0 fully saturated rings. The van der Waals surface area contributed by atoms with Crippen LogP contribution in [0.2, 0.25) is 0 Å². The molecule has 0 aliphatic rings. The van der Waals surface area contributed by atoms with Crippen molar-refractivity contribution < 1.29 is 28.2 Å². The molecule has 3 aromatic rings. The number of nitrogens with zero attached hydrogens (tertiary/aromatic N) is 1. The number of ether oxygens (including phenoxy) is 2. The summed E-state index contributed by atoms with van der Waals surface area (Å²) in [6.07, 6.45) is -3.02. The minimum Gasteiger partial charge on any atom is -0.485 e. The minimum absolute atomic E-state index is 0.0103. The van der Waals surface area contributed by atoms with E-state index in [9.17, 15) is 18.7 Å². The fraction of sp³-hybridized carbons (Fsp3) is 0.143. The van der Waals surface area contributed by atoms with Crippen molar-refractivity contribution in [2.24, 2.45) is 0 Å². The zero-order valence-electron chi connectivity index (χ0n) is 14.7. The summed E-state index contributed by atoms with van der Waals surface area (Å²) < 4.78 is 38.3. The number of benzene rings is 2. The van der Waals surface area contributed by atoms with E-state index in [0.29, 0.717) is 0 Å². The highest BCUT2D eigenvalue weighted by atomic mass is 19.3. The van der Waals surface area contributed by atoms with Crippen molar-refractivity contribution in [3.63, 3.8) is 0 Å². The van der Waals surface area contributed by atoms with Gasteiger partial charge in [-0.1, -0.05) is 60.7 Å². The van der Waals surface area contributed by atoms with Gasteiger partial charge in [-0.25, -0.2) is 18.6 Å². The van der Waals surface area contributed by atoms with E-state index in [4.69, 9.17) is 9.47 Å². The number of halogens is 2. The maximum Gasteiger partial charge on any atom is 0.354 e. The van der Waals surface area contributed by atoms with Crippen molar-refractivity contribution in [3.8, 4) is 11.5 Å². The van der Waals surface area contributed by atoms with Crippen molar-refractivity contribution >= 4 is 5.97 Å². The lowest BCUT2D eigenvalue weighted by atomic mass is 10.2. The fourth-order valence-electron chi connectivity index (χ4n) is 2.50. The van der Waals surface area contributed by atoms with Crippen molar-refractivity contribution in [2.75, 3.05) is 0 Å². The van der Waals surface area contributed by atoms with Crippen LogP contribution in [0, 0.1) is 0 Å². The summed E-state index contributed by atoms with van der Waals surface area (Å²) >= 11 is 0. The lowest BCUT2D eigenvalue weighted by Crippen LogP contribution is -2.10. The molecule has 1 heterocycles. The van der Waals surface area contributed by atoms with Crippen LogP contribution in [0.1, 0.15) is 33.7 Å². The number of carbonyl (C=O) groups is 1. The number of pyridine rings is 1. The van der Waals surface area contributed by atoms with Crippen LogP contribution in [0.5, 0.6) is 11.5 Å². The number of hydrogen-bond donors (Lipinski definition) is 1. The van der Waals surface area contributed by atoms with Gasteiger partial charge in [0.1, 0.15) is 13.2 Å². The van der Waals surface area contributed by atoms with Crippen LogP contribution >= 0.6 is 0 Å². The van der Waals surface area contributed by atoms with Gasteiger partial charge in [0.2, 0.25) is 0 Å². The SMILES string of the molecule is O=C(O)c1cc(OCc2ccccc2)c(OCc2ccccc2)c(C(F)F)n1. The Morgan fingerprint density at radius 2 is 1.46 bits per heavy atom. The van der Waals surface area contributed by atoms with E-state index in [1.54, 1.807) is 36.4 Å². The van der Waals surface area contributed by atoms with Crippen LogP contribution in [-0.4, -0.2) is 16.1 Å². The van der Waals surface area contributed by atoms with Crippen LogP contribution in [0.25, 0.3) is 0 Å². The molecule has 0 bridgehead atoms. The van der Waals surface area contributed by atoms with E-state index in [1.807, 2.05) is 24.3 Å². The molecule has 144 valence electrons. The smallest absolute Gasteiger partial charge is 0.354 e. The van der Waals surface area contributed by atoms with E-state index >= 15 is 0 Å². The first-order valence-electron chi connectivity index (χ1n) is 8.44. The van der Waals surface area contributed by atoms with Crippen LogP contribution < -0.4 is 9.47 Å². The minimum atomic E-state index is -3.02. The van der Waals surface area contributed by atoms with E-state index in [-0.39, 0.29) is 24.7 Å². The first-order valence-corrected chi connectivity index (χ1v) is 8.44. The number of hydrogen-bond acceptors (Lipinski definition) is 4. The summed E-state index contributed by atoms with van der Waals surface area (Å²) in [4.78, 5) is 14.8. The molecule has 0 aliphatic carbocycles. The highest BCUT2D eigenvalue weighted by Gasteiger charge is 2.25. The van der Waals surface area contributed by atoms with Gasteiger partial charge in [0.15, 0.2) is 22.9 Å². The Labute approximate surface area is 160 Å². The average molecular weight is 385 g/mol. The molecule has 0 saturated heterocycles. The molecule has 0 aliphatic heterocycles. The zero-order chi connectivity index (χ0) is 19.9. The topological polar surface area (TPSA) is 68.7 Å². The van der Waals surface area contributed by atoms with E-state index in [0.717, 1.165) is 17.2 Å². The molecule has 1 aromatic heterocycles. The molecule has 5 nitrogen and oxygen atoms in total. The second-order valence-electron chi connectivity index (χ2n) is 5.87. The number of aromatic nitrogens is 1.